The second kappa shape index (κ2) is 131. The van der Waals surface area contributed by atoms with Gasteiger partial charge in [0.1, 0.15) is 38.0 Å². The van der Waals surface area contributed by atoms with E-state index in [0.717, 1.165) is 51.2 Å². The zero-order valence-electron chi connectivity index (χ0n) is 68.8. The van der Waals surface area contributed by atoms with Crippen LogP contribution in [0.1, 0.15) is 134 Å². The van der Waals surface area contributed by atoms with Crippen LogP contribution in [0.4, 0.5) is 0 Å². The zero-order chi connectivity index (χ0) is 70.7. The SMILES string of the molecule is CC.CC.CC.CC.CC.CC.Cc1cc(C)ncn1.Cc1cc(C)ncn1.Cc1cc(C)ncn1.Cc1ccncn1.Cc1ccncn1.Cc1ccncn1.[CH3-].[CH3-].[CH3-].[CH3-].[CH3-].[CH3-].[W].[W].[W].[W].[W].[W].c1ccccc1.c1ccccc1.c1ccccc1.c1ccccc1.c1ccccc1.c1ccccc1. The minimum atomic E-state index is 0. The fourth-order valence-corrected chi connectivity index (χ4v) is 5.14. The molecule has 18 heteroatoms. The Bertz CT molecular complexity index is 2490. The maximum Gasteiger partial charge on any atom is 0.115 e. The van der Waals surface area contributed by atoms with Gasteiger partial charge in [0.2, 0.25) is 0 Å². The smallest absolute Gasteiger partial charge is 0.115 e. The van der Waals surface area contributed by atoms with E-state index in [2.05, 4.69) is 59.8 Å². The summed E-state index contributed by atoms with van der Waals surface area (Å²) in [4.78, 5) is 46.4. The first-order valence-electron chi connectivity index (χ1n) is 32.0. The molecule has 0 saturated heterocycles. The van der Waals surface area contributed by atoms with Crippen molar-refractivity contribution < 1.29 is 126 Å². The summed E-state index contributed by atoms with van der Waals surface area (Å²) in [6.45, 7) is 41.5. The molecule has 12 rings (SSSR count). The third-order valence-electron chi connectivity index (χ3n) is 9.01. The van der Waals surface area contributed by atoms with E-state index in [-0.39, 0.29) is 171 Å². The minimum absolute atomic E-state index is 0. The fraction of sp³-hybridized carbons (Fsp3) is 0.241. The monoisotopic (exact) mass is 2450 g/mol. The van der Waals surface area contributed by atoms with Gasteiger partial charge in [-0.25, -0.2) is 59.8 Å². The number of nitrogens with zero attached hydrogens (tertiary/aromatic N) is 12. The molecule has 0 unspecified atom stereocenters. The summed E-state index contributed by atoms with van der Waals surface area (Å²) >= 11 is 0. The van der Waals surface area contributed by atoms with Crippen molar-refractivity contribution in [3.05, 3.63) is 407 Å². The number of rotatable bonds is 0. The Morgan fingerprint density at radius 2 is 0.248 bits per heavy atom. The first kappa shape index (κ1) is 145. The van der Waals surface area contributed by atoms with Crippen LogP contribution in [0.3, 0.4) is 0 Å². The van der Waals surface area contributed by atoms with Gasteiger partial charge in [-0.3, -0.25) is 0 Å². The van der Waals surface area contributed by atoms with Gasteiger partial charge in [0, 0.05) is 196 Å². The van der Waals surface area contributed by atoms with Gasteiger partial charge in [-0.2, -0.15) is 0 Å². The van der Waals surface area contributed by atoms with Crippen LogP contribution in [0.15, 0.2) is 311 Å². The molecule has 0 N–H and O–H groups in total. The number of hydrogen-bond donors (Lipinski definition) is 0. The summed E-state index contributed by atoms with van der Waals surface area (Å²) < 4.78 is 0. The molecule has 0 aliphatic rings. The zero-order valence-corrected chi connectivity index (χ0v) is 86.4. The molecule has 105 heavy (non-hydrogen) atoms. The molecule has 6 aromatic carbocycles. The standard InChI is InChI=1S/3C6H8N2.6C6H6.3C5H6N2.6C2H6.6CH3.6W/c3*1-5-3-6(2)8-4-7-5;6*1-2-4-6-5-3-1;3*1-5-2-3-6-4-7-5;6*1-2;;;;;;;;;;;;/h3*3-4H,1-2H3;6*1-6H;3*2-4H,1H3;6*1-2H3;6*1H3;;;;;;/q;;;;;;;;;;;;;;;;;;6*-1;;;;;;. The average Bonchev–Trinajstić information content (AvgIpc) is 1.01. The third-order valence-corrected chi connectivity index (χ3v) is 9.01. The van der Waals surface area contributed by atoms with Gasteiger partial charge in [0.25, 0.3) is 0 Å². The van der Waals surface area contributed by atoms with Crippen molar-refractivity contribution in [2.45, 2.75) is 145 Å². The topological polar surface area (TPSA) is 155 Å². The van der Waals surface area contributed by atoms with Gasteiger partial charge in [-0.1, -0.05) is 301 Å². The van der Waals surface area contributed by atoms with E-state index in [4.69, 9.17) is 0 Å². The Balaban J connectivity index is -0.0000000480. The van der Waals surface area contributed by atoms with Crippen molar-refractivity contribution in [1.82, 2.24) is 59.8 Å². The molecule has 12 aromatic rings. The first-order valence-corrected chi connectivity index (χ1v) is 32.0. The van der Waals surface area contributed by atoms with Crippen molar-refractivity contribution >= 4 is 0 Å². The second-order valence-corrected chi connectivity index (χ2v) is 16.4. The van der Waals surface area contributed by atoms with Gasteiger partial charge < -0.3 is 44.6 Å². The molecule has 0 atom stereocenters. The quantitative estimate of drug-likeness (QED) is 0.133. The van der Waals surface area contributed by atoms with Crippen LogP contribution in [0, 0.1) is 107 Å². The van der Waals surface area contributed by atoms with Crippen molar-refractivity contribution in [3.63, 3.8) is 0 Å². The van der Waals surface area contributed by atoms with Crippen LogP contribution >= 0.6 is 0 Å². The van der Waals surface area contributed by atoms with Gasteiger partial charge >= 0.3 is 0 Å². The largest absolute Gasteiger partial charge is 0.358 e. The van der Waals surface area contributed by atoms with Gasteiger partial charge in [0.05, 0.1) is 0 Å². The van der Waals surface area contributed by atoms with E-state index in [1.807, 2.05) is 400 Å². The predicted molar refractivity (Wildman–Crippen MR) is 440 cm³/mol. The molecule has 6 heterocycles. The predicted octanol–water partition coefficient (Wildman–Crippen LogP) is 24.6. The molecule has 0 spiro atoms. The van der Waals surface area contributed by atoms with Crippen LogP contribution < -0.4 is 0 Å². The molecular weight excluding hydrogens is 2320 g/mol. The summed E-state index contributed by atoms with van der Waals surface area (Å²) in [6.07, 6.45) is 14.5. The van der Waals surface area contributed by atoms with Crippen LogP contribution in [-0.2, 0) is 126 Å². The second-order valence-electron chi connectivity index (χ2n) is 16.4. The van der Waals surface area contributed by atoms with Crippen LogP contribution in [-0.4, -0.2) is 59.8 Å². The summed E-state index contributed by atoms with van der Waals surface area (Å²) in [5, 5.41) is 0. The number of benzene rings is 6. The average molecular weight is 2450 g/mol. The Morgan fingerprint density at radius 3 is 0.295 bits per heavy atom. The van der Waals surface area contributed by atoms with E-state index in [0.29, 0.717) is 0 Å². The van der Waals surface area contributed by atoms with Gasteiger partial charge in [-0.05, 0) is 98.7 Å². The number of hydrogen-bond acceptors (Lipinski definition) is 12. The maximum atomic E-state index is 3.93. The summed E-state index contributed by atoms with van der Waals surface area (Å²) in [5.41, 5.74) is 9.18. The molecular formula is C87H132N12W6-6. The molecule has 0 saturated carbocycles. The third kappa shape index (κ3) is 128. The Kier molecular flexibility index (Phi) is 180. The van der Waals surface area contributed by atoms with Crippen molar-refractivity contribution in [2.24, 2.45) is 0 Å². The molecule has 582 valence electrons. The maximum absolute atomic E-state index is 3.93. The van der Waals surface area contributed by atoms with Crippen molar-refractivity contribution in [3.8, 4) is 0 Å². The van der Waals surface area contributed by atoms with E-state index in [1.165, 1.54) is 19.0 Å². The van der Waals surface area contributed by atoms with E-state index < -0.39 is 0 Å². The molecule has 0 aliphatic carbocycles. The summed E-state index contributed by atoms with van der Waals surface area (Å²) in [7, 11) is 0. The molecule has 0 bridgehead atoms. The minimum Gasteiger partial charge on any atom is -0.358 e. The Labute approximate surface area is 731 Å². The van der Waals surface area contributed by atoms with E-state index >= 15 is 0 Å². The Morgan fingerprint density at radius 1 is 0.152 bits per heavy atom. The normalized spacial score (nSPS) is 6.94. The summed E-state index contributed by atoms with van der Waals surface area (Å²) in [5.74, 6) is 0. The van der Waals surface area contributed by atoms with E-state index in [9.17, 15) is 0 Å². The van der Waals surface area contributed by atoms with Crippen LogP contribution in [0.25, 0.3) is 0 Å². The summed E-state index contributed by atoms with van der Waals surface area (Å²) in [6, 6.07) is 83.4. The van der Waals surface area contributed by atoms with Crippen molar-refractivity contribution in [2.75, 3.05) is 0 Å². The Hall–Kier alpha value is -6.07. The molecule has 0 amide bonds. The molecule has 6 aromatic heterocycles. The van der Waals surface area contributed by atoms with E-state index in [1.54, 1.807) is 37.6 Å². The number of aryl methyl sites for hydroxylation is 9. The number of aromatic nitrogens is 12. The fourth-order valence-electron chi connectivity index (χ4n) is 5.14. The molecule has 0 fully saturated rings. The van der Waals surface area contributed by atoms with Crippen molar-refractivity contribution in [1.29, 1.82) is 0 Å². The first-order chi connectivity index (χ1) is 45.5. The molecule has 0 aliphatic heterocycles. The molecule has 12 nitrogen and oxygen atoms in total. The van der Waals surface area contributed by atoms with Gasteiger partial charge in [-0.15, -0.1) is 0 Å². The van der Waals surface area contributed by atoms with Crippen LogP contribution in [0.2, 0.25) is 0 Å². The molecule has 0 radical (unpaired) electrons. The van der Waals surface area contributed by atoms with Crippen LogP contribution in [0.5, 0.6) is 0 Å². The van der Waals surface area contributed by atoms with Gasteiger partial charge in [0.15, 0.2) is 0 Å².